The van der Waals surface area contributed by atoms with Gasteiger partial charge in [-0.25, -0.2) is 0 Å². The van der Waals surface area contributed by atoms with Crippen LogP contribution in [0.1, 0.15) is 37.2 Å². The van der Waals surface area contributed by atoms with Gasteiger partial charge in [0.05, 0.1) is 0 Å². The summed E-state index contributed by atoms with van der Waals surface area (Å²) in [5.74, 6) is 0.546. The number of likely N-dealkylation sites (tertiary alicyclic amines) is 1. The highest BCUT2D eigenvalue weighted by Gasteiger charge is 2.29. The molecule has 2 rings (SSSR count). The molecule has 0 saturated carbocycles. The van der Waals surface area contributed by atoms with Crippen LogP contribution in [0.25, 0.3) is 0 Å². The monoisotopic (exact) mass is 233 g/mol. The lowest BCUT2D eigenvalue weighted by Crippen LogP contribution is -2.46. The maximum Gasteiger partial charge on any atom is 0.272 e. The molecule has 0 bridgehead atoms. The maximum absolute atomic E-state index is 12.3. The smallest absolute Gasteiger partial charge is 0.272 e. The van der Waals surface area contributed by atoms with Crippen LogP contribution in [0.2, 0.25) is 0 Å². The number of hydrogen-bond acceptors (Lipinski definition) is 3. The Morgan fingerprint density at radius 1 is 1.53 bits per heavy atom. The Morgan fingerprint density at radius 2 is 2.29 bits per heavy atom. The Labute approximate surface area is 102 Å². The van der Waals surface area contributed by atoms with Crippen molar-refractivity contribution in [3.05, 3.63) is 24.0 Å². The normalized spacial score (nSPS) is 24.7. The number of piperidine rings is 1. The fourth-order valence-corrected chi connectivity index (χ4v) is 2.33. The summed E-state index contributed by atoms with van der Waals surface area (Å²) in [6.45, 7) is 5.12. The minimum Gasteiger partial charge on any atom is -0.399 e. The van der Waals surface area contributed by atoms with Crippen molar-refractivity contribution >= 4 is 11.6 Å². The van der Waals surface area contributed by atoms with E-state index in [9.17, 15) is 4.79 Å². The summed E-state index contributed by atoms with van der Waals surface area (Å²) in [4.78, 5) is 18.3. The number of carbonyl (C=O) groups is 1. The Hall–Kier alpha value is -1.58. The number of amides is 1. The molecular weight excluding hydrogens is 214 g/mol. The fourth-order valence-electron chi connectivity index (χ4n) is 2.33. The first-order valence-corrected chi connectivity index (χ1v) is 6.12. The highest BCUT2D eigenvalue weighted by atomic mass is 16.2. The molecule has 1 aromatic heterocycles. The molecule has 0 aromatic carbocycles. The van der Waals surface area contributed by atoms with E-state index in [4.69, 9.17) is 5.73 Å². The van der Waals surface area contributed by atoms with Gasteiger partial charge in [-0.2, -0.15) is 0 Å². The first kappa shape index (κ1) is 11.9. The number of carbonyl (C=O) groups excluding carboxylic acids is 1. The number of hydrogen-bond donors (Lipinski definition) is 1. The van der Waals surface area contributed by atoms with Gasteiger partial charge in [0.15, 0.2) is 0 Å². The lowest BCUT2D eigenvalue weighted by Gasteiger charge is -2.37. The zero-order valence-corrected chi connectivity index (χ0v) is 10.4. The summed E-state index contributed by atoms with van der Waals surface area (Å²) >= 11 is 0. The molecule has 92 valence electrons. The van der Waals surface area contributed by atoms with Crippen molar-refractivity contribution in [2.75, 3.05) is 12.3 Å². The first-order valence-electron chi connectivity index (χ1n) is 6.12. The highest BCUT2D eigenvalue weighted by Crippen LogP contribution is 2.24. The van der Waals surface area contributed by atoms with Crippen LogP contribution < -0.4 is 5.73 Å². The van der Waals surface area contributed by atoms with E-state index in [1.807, 2.05) is 4.90 Å². The van der Waals surface area contributed by atoms with Gasteiger partial charge in [0.2, 0.25) is 0 Å². The van der Waals surface area contributed by atoms with E-state index in [0.717, 1.165) is 13.0 Å². The minimum absolute atomic E-state index is 0.00338. The molecule has 1 amide bonds. The van der Waals surface area contributed by atoms with Crippen molar-refractivity contribution in [2.24, 2.45) is 5.92 Å². The van der Waals surface area contributed by atoms with Gasteiger partial charge in [-0.05, 0) is 37.8 Å². The summed E-state index contributed by atoms with van der Waals surface area (Å²) in [7, 11) is 0. The van der Waals surface area contributed by atoms with E-state index in [-0.39, 0.29) is 11.9 Å². The predicted molar refractivity (Wildman–Crippen MR) is 67.5 cm³/mol. The van der Waals surface area contributed by atoms with E-state index in [0.29, 0.717) is 17.3 Å². The van der Waals surface area contributed by atoms with Crippen LogP contribution in [0.15, 0.2) is 18.3 Å². The summed E-state index contributed by atoms with van der Waals surface area (Å²) in [6, 6.07) is 3.62. The van der Waals surface area contributed by atoms with E-state index < -0.39 is 0 Å². The van der Waals surface area contributed by atoms with Gasteiger partial charge >= 0.3 is 0 Å². The van der Waals surface area contributed by atoms with Gasteiger partial charge in [0.25, 0.3) is 5.91 Å². The molecule has 4 heteroatoms. The van der Waals surface area contributed by atoms with Crippen LogP contribution in [0.4, 0.5) is 5.69 Å². The molecule has 2 heterocycles. The third-order valence-corrected chi connectivity index (χ3v) is 3.64. The van der Waals surface area contributed by atoms with E-state index in [2.05, 4.69) is 18.8 Å². The molecule has 1 saturated heterocycles. The van der Waals surface area contributed by atoms with Gasteiger partial charge in [-0.3, -0.25) is 9.78 Å². The number of nitrogens with two attached hydrogens (primary N) is 1. The predicted octanol–water partition coefficient (Wildman–Crippen LogP) is 1.92. The zero-order chi connectivity index (χ0) is 12.4. The first-order chi connectivity index (χ1) is 8.09. The largest absolute Gasteiger partial charge is 0.399 e. The highest BCUT2D eigenvalue weighted by molar-refractivity contribution is 5.93. The Balaban J connectivity index is 2.19. The quantitative estimate of drug-likeness (QED) is 0.806. The molecule has 2 unspecified atom stereocenters. The van der Waals surface area contributed by atoms with Crippen molar-refractivity contribution in [3.8, 4) is 0 Å². The molecule has 1 fully saturated rings. The second-order valence-corrected chi connectivity index (χ2v) is 4.83. The molecule has 1 aromatic rings. The number of aromatic nitrogens is 1. The third-order valence-electron chi connectivity index (χ3n) is 3.64. The van der Waals surface area contributed by atoms with E-state index in [1.54, 1.807) is 18.3 Å². The maximum atomic E-state index is 12.3. The second kappa shape index (κ2) is 4.73. The average molecular weight is 233 g/mol. The Kier molecular flexibility index (Phi) is 3.31. The fraction of sp³-hybridized carbons (Fsp3) is 0.538. The molecular formula is C13H19N3O. The van der Waals surface area contributed by atoms with Crippen LogP contribution >= 0.6 is 0 Å². The van der Waals surface area contributed by atoms with Gasteiger partial charge in [-0.1, -0.05) is 6.92 Å². The summed E-state index contributed by atoms with van der Waals surface area (Å²) < 4.78 is 0. The van der Waals surface area contributed by atoms with E-state index >= 15 is 0 Å². The van der Waals surface area contributed by atoms with Crippen LogP contribution in [-0.2, 0) is 0 Å². The van der Waals surface area contributed by atoms with Crippen molar-refractivity contribution in [2.45, 2.75) is 32.7 Å². The van der Waals surface area contributed by atoms with Crippen molar-refractivity contribution in [3.63, 3.8) is 0 Å². The number of rotatable bonds is 1. The standard InChI is InChI=1S/C13H19N3O/c1-9-4-3-7-16(10(9)2)13(17)12-8-11(14)5-6-15-12/h5-6,8-10H,3-4,7H2,1-2H3,(H2,14,15). The average Bonchev–Trinajstić information content (AvgIpc) is 2.32. The summed E-state index contributed by atoms with van der Waals surface area (Å²) in [6.07, 6.45) is 3.84. The second-order valence-electron chi connectivity index (χ2n) is 4.83. The molecule has 0 spiro atoms. The number of pyridine rings is 1. The Morgan fingerprint density at radius 3 is 3.00 bits per heavy atom. The minimum atomic E-state index is -0.00338. The van der Waals surface area contributed by atoms with E-state index in [1.165, 1.54) is 6.42 Å². The van der Waals surface area contributed by atoms with Crippen LogP contribution in [0.3, 0.4) is 0 Å². The van der Waals surface area contributed by atoms with Gasteiger partial charge in [-0.15, -0.1) is 0 Å². The molecule has 2 atom stereocenters. The van der Waals surface area contributed by atoms with Gasteiger partial charge in [0.1, 0.15) is 5.69 Å². The molecule has 17 heavy (non-hydrogen) atoms. The Bertz CT molecular complexity index is 419. The van der Waals surface area contributed by atoms with Gasteiger partial charge < -0.3 is 10.6 Å². The van der Waals surface area contributed by atoms with Crippen molar-refractivity contribution in [1.29, 1.82) is 0 Å². The summed E-state index contributed by atoms with van der Waals surface area (Å²) in [5.41, 5.74) is 6.71. The van der Waals surface area contributed by atoms with Crippen LogP contribution in [0.5, 0.6) is 0 Å². The summed E-state index contributed by atoms with van der Waals surface area (Å²) in [5, 5.41) is 0. The molecule has 1 aliphatic heterocycles. The SMILES string of the molecule is CC1CCCN(C(=O)c2cc(N)ccn2)C1C. The lowest BCUT2D eigenvalue weighted by atomic mass is 9.92. The molecule has 1 aliphatic rings. The number of nitrogen functional groups attached to an aromatic ring is 1. The van der Waals surface area contributed by atoms with Crippen LogP contribution in [-0.4, -0.2) is 28.4 Å². The van der Waals surface area contributed by atoms with Crippen molar-refractivity contribution < 1.29 is 4.79 Å². The lowest BCUT2D eigenvalue weighted by molar-refractivity contribution is 0.0545. The third kappa shape index (κ3) is 2.40. The zero-order valence-electron chi connectivity index (χ0n) is 10.4. The molecule has 2 N–H and O–H groups in total. The van der Waals surface area contributed by atoms with Gasteiger partial charge in [0, 0.05) is 24.5 Å². The number of nitrogens with zero attached hydrogens (tertiary/aromatic N) is 2. The molecule has 0 radical (unpaired) electrons. The molecule has 4 nitrogen and oxygen atoms in total. The number of anilines is 1. The topological polar surface area (TPSA) is 59.2 Å². The van der Waals surface area contributed by atoms with Crippen LogP contribution in [0, 0.1) is 5.92 Å². The molecule has 0 aliphatic carbocycles. The van der Waals surface area contributed by atoms with Crippen molar-refractivity contribution in [1.82, 2.24) is 9.88 Å².